The van der Waals surface area contributed by atoms with Crippen molar-refractivity contribution in [2.24, 2.45) is 5.10 Å². The van der Waals surface area contributed by atoms with Crippen LogP contribution in [-0.2, 0) is 13.0 Å². The Morgan fingerprint density at radius 2 is 2.03 bits per heavy atom. The van der Waals surface area contributed by atoms with Crippen LogP contribution in [0.2, 0.25) is 0 Å². The number of carbonyl (C=O) groups is 1. The second-order valence-electron chi connectivity index (χ2n) is 7.29. The number of nitrogens with two attached hydrogens (primary N) is 1. The van der Waals surface area contributed by atoms with E-state index < -0.39 is 11.7 Å². The number of hydrogen-bond donors (Lipinski definition) is 2. The molecule has 1 amide bonds. The molecule has 0 bridgehead atoms. The molecule has 0 saturated heterocycles. The van der Waals surface area contributed by atoms with Crippen LogP contribution in [0.1, 0.15) is 27.3 Å². The van der Waals surface area contributed by atoms with E-state index in [1.807, 2.05) is 18.2 Å². The van der Waals surface area contributed by atoms with Crippen LogP contribution in [-0.4, -0.2) is 44.0 Å². The van der Waals surface area contributed by atoms with Gasteiger partial charge in [-0.3, -0.25) is 4.79 Å². The molecule has 0 unspecified atom stereocenters. The Labute approximate surface area is 186 Å². The Balaban J connectivity index is 1.45. The zero-order chi connectivity index (χ0) is 22.8. The number of hydrazone groups is 1. The summed E-state index contributed by atoms with van der Waals surface area (Å²) in [5.41, 5.74) is 11.2. The Hall–Kier alpha value is -4.61. The number of halogens is 1. The third-order valence-corrected chi connectivity index (χ3v) is 5.27. The smallest absolute Gasteiger partial charge is 0.293 e. The van der Waals surface area contributed by atoms with Crippen molar-refractivity contribution in [3.8, 4) is 5.82 Å². The van der Waals surface area contributed by atoms with Gasteiger partial charge in [-0.25, -0.2) is 14.4 Å². The number of anilines is 2. The lowest BCUT2D eigenvalue weighted by molar-refractivity contribution is 0.0949. The number of para-hydroxylation sites is 1. The average molecular weight is 447 g/mol. The van der Waals surface area contributed by atoms with E-state index >= 15 is 0 Å². The summed E-state index contributed by atoms with van der Waals surface area (Å²) in [7, 11) is 0. The van der Waals surface area contributed by atoms with Gasteiger partial charge in [-0.05, 0) is 34.4 Å². The summed E-state index contributed by atoms with van der Waals surface area (Å²) in [5, 5.41) is 19.3. The van der Waals surface area contributed by atoms with Gasteiger partial charge < -0.3 is 10.6 Å². The molecule has 5 rings (SSSR count). The van der Waals surface area contributed by atoms with Crippen LogP contribution < -0.4 is 16.1 Å². The molecule has 166 valence electrons. The van der Waals surface area contributed by atoms with Crippen molar-refractivity contribution >= 4 is 23.6 Å². The maximum Gasteiger partial charge on any atom is 0.293 e. The maximum absolute atomic E-state index is 13.8. The van der Waals surface area contributed by atoms with Crippen LogP contribution >= 0.6 is 0 Å². The van der Waals surface area contributed by atoms with Gasteiger partial charge in [0.25, 0.3) is 5.91 Å². The lowest BCUT2D eigenvalue weighted by atomic mass is 10.2. The summed E-state index contributed by atoms with van der Waals surface area (Å²) < 4.78 is 19.8. The topological polar surface area (TPSA) is 140 Å². The molecule has 0 aliphatic carbocycles. The van der Waals surface area contributed by atoms with E-state index in [9.17, 15) is 9.18 Å². The zero-order valence-corrected chi connectivity index (χ0v) is 17.2. The van der Waals surface area contributed by atoms with Crippen molar-refractivity contribution in [1.29, 1.82) is 0 Å². The van der Waals surface area contributed by atoms with Crippen molar-refractivity contribution < 1.29 is 13.8 Å². The third-order valence-electron chi connectivity index (χ3n) is 5.27. The van der Waals surface area contributed by atoms with E-state index in [4.69, 9.17) is 5.73 Å². The average Bonchev–Trinajstić information content (AvgIpc) is 3.54. The molecule has 33 heavy (non-hydrogen) atoms. The number of aromatic nitrogens is 5. The van der Waals surface area contributed by atoms with Gasteiger partial charge in [-0.1, -0.05) is 41.6 Å². The fraction of sp³-hybridized carbons (Fsp3) is 0.143. The van der Waals surface area contributed by atoms with Gasteiger partial charge >= 0.3 is 0 Å². The summed E-state index contributed by atoms with van der Waals surface area (Å²) in [4.78, 5) is 15.0. The molecule has 3 heterocycles. The SMILES string of the molecule is Nc1nonc1-n1nnc(C(=O)NN=Cc2ccccc2F)c1CN1CCc2ccccc21. The predicted molar refractivity (Wildman–Crippen MR) is 116 cm³/mol. The van der Waals surface area contributed by atoms with Crippen molar-refractivity contribution in [2.45, 2.75) is 13.0 Å². The van der Waals surface area contributed by atoms with Gasteiger partial charge in [0, 0.05) is 17.8 Å². The van der Waals surface area contributed by atoms with Gasteiger partial charge in [0.15, 0.2) is 5.69 Å². The summed E-state index contributed by atoms with van der Waals surface area (Å²) in [6.07, 6.45) is 2.09. The molecule has 12 heteroatoms. The van der Waals surface area contributed by atoms with E-state index in [0.29, 0.717) is 12.2 Å². The van der Waals surface area contributed by atoms with E-state index in [1.54, 1.807) is 12.1 Å². The van der Waals surface area contributed by atoms with E-state index in [-0.39, 0.29) is 22.9 Å². The first-order valence-corrected chi connectivity index (χ1v) is 10.1. The maximum atomic E-state index is 13.8. The largest absolute Gasteiger partial charge is 0.378 e. The van der Waals surface area contributed by atoms with Crippen LogP contribution in [0.15, 0.2) is 58.3 Å². The number of nitrogens with zero attached hydrogens (tertiary/aromatic N) is 7. The molecule has 11 nitrogen and oxygen atoms in total. The van der Waals surface area contributed by atoms with E-state index in [1.165, 1.54) is 28.6 Å². The summed E-state index contributed by atoms with van der Waals surface area (Å²) in [6.45, 7) is 1.06. The number of benzene rings is 2. The summed E-state index contributed by atoms with van der Waals surface area (Å²) >= 11 is 0. The minimum Gasteiger partial charge on any atom is -0.378 e. The van der Waals surface area contributed by atoms with Gasteiger partial charge in [0.1, 0.15) is 5.82 Å². The highest BCUT2D eigenvalue weighted by Crippen LogP contribution is 2.30. The van der Waals surface area contributed by atoms with Gasteiger partial charge in [-0.15, -0.1) is 5.10 Å². The lowest BCUT2D eigenvalue weighted by Gasteiger charge is -2.19. The highest BCUT2D eigenvalue weighted by atomic mass is 19.1. The molecular weight excluding hydrogens is 429 g/mol. The normalized spacial score (nSPS) is 12.9. The standard InChI is InChI=1S/C21H18FN9O2/c22-15-7-3-1-6-14(15)11-24-26-21(32)18-17(31(29-25-18)20-19(23)27-33-28-20)12-30-10-9-13-5-2-4-8-16(13)30/h1-8,11H,9-10,12H2,(H2,23,27)(H,26,32). The Kier molecular flexibility index (Phi) is 5.23. The molecule has 2 aromatic heterocycles. The van der Waals surface area contributed by atoms with Crippen LogP contribution in [0.3, 0.4) is 0 Å². The molecular formula is C21H18FN9O2. The monoisotopic (exact) mass is 447 g/mol. The number of hydrogen-bond acceptors (Lipinski definition) is 9. The van der Waals surface area contributed by atoms with Crippen LogP contribution in [0, 0.1) is 5.82 Å². The molecule has 0 atom stereocenters. The summed E-state index contributed by atoms with van der Waals surface area (Å²) in [6, 6.07) is 14.1. The molecule has 1 aliphatic heterocycles. The van der Waals surface area contributed by atoms with E-state index in [2.05, 4.69) is 46.7 Å². The molecule has 4 aromatic rings. The number of nitrogen functional groups attached to an aromatic ring is 1. The Bertz CT molecular complexity index is 1350. The second-order valence-corrected chi connectivity index (χ2v) is 7.29. The second kappa shape index (κ2) is 8.49. The van der Waals surface area contributed by atoms with E-state index in [0.717, 1.165) is 18.7 Å². The fourth-order valence-electron chi connectivity index (χ4n) is 3.67. The Morgan fingerprint density at radius 1 is 1.21 bits per heavy atom. The van der Waals surface area contributed by atoms with Crippen LogP contribution in [0.4, 0.5) is 15.9 Å². The fourth-order valence-corrected chi connectivity index (χ4v) is 3.67. The minimum absolute atomic E-state index is 0.00695. The molecule has 2 aromatic carbocycles. The van der Waals surface area contributed by atoms with Crippen molar-refractivity contribution in [2.75, 3.05) is 17.2 Å². The minimum atomic E-state index is -0.619. The number of rotatable bonds is 6. The molecule has 1 aliphatic rings. The number of amides is 1. The van der Waals surface area contributed by atoms with Gasteiger partial charge in [0.05, 0.1) is 18.5 Å². The quantitative estimate of drug-likeness (QED) is 0.336. The molecule has 0 radical (unpaired) electrons. The number of carbonyl (C=O) groups excluding carboxylic acids is 1. The zero-order valence-electron chi connectivity index (χ0n) is 17.2. The Morgan fingerprint density at radius 3 is 2.85 bits per heavy atom. The van der Waals surface area contributed by atoms with Crippen molar-refractivity contribution in [3.63, 3.8) is 0 Å². The molecule has 0 spiro atoms. The van der Waals surface area contributed by atoms with Gasteiger partial charge in [-0.2, -0.15) is 9.78 Å². The predicted octanol–water partition coefficient (Wildman–Crippen LogP) is 1.70. The lowest BCUT2D eigenvalue weighted by Crippen LogP contribution is -2.26. The van der Waals surface area contributed by atoms with Gasteiger partial charge in [0.2, 0.25) is 11.6 Å². The number of fused-ring (bicyclic) bond motifs is 1. The first kappa shape index (κ1) is 20.3. The summed E-state index contributed by atoms with van der Waals surface area (Å²) in [5.74, 6) is -0.943. The molecule has 3 N–H and O–H groups in total. The van der Waals surface area contributed by atoms with Crippen LogP contribution in [0.25, 0.3) is 5.82 Å². The highest BCUT2D eigenvalue weighted by molar-refractivity contribution is 5.94. The first-order valence-electron chi connectivity index (χ1n) is 10.1. The first-order chi connectivity index (χ1) is 16.1. The number of nitrogens with one attached hydrogen (secondary N) is 1. The highest BCUT2D eigenvalue weighted by Gasteiger charge is 2.28. The van der Waals surface area contributed by atoms with Crippen molar-refractivity contribution in [3.05, 3.63) is 76.9 Å². The van der Waals surface area contributed by atoms with Crippen molar-refractivity contribution in [1.82, 2.24) is 30.7 Å². The molecule has 0 fully saturated rings. The third kappa shape index (κ3) is 3.89. The molecule has 0 saturated carbocycles. The van der Waals surface area contributed by atoms with Crippen LogP contribution in [0.5, 0.6) is 0 Å².